The number of benzene rings is 1. The smallest absolute Gasteiger partial charge is 0.0576 e. The fourth-order valence-electron chi connectivity index (χ4n) is 2.95. The Labute approximate surface area is 122 Å². The minimum Gasteiger partial charge on any atom is -0.397 e. The molecular weight excluding hydrogens is 248 g/mol. The van der Waals surface area contributed by atoms with Gasteiger partial charge in [-0.15, -0.1) is 0 Å². The molecule has 4 heteroatoms. The molecule has 4 nitrogen and oxygen atoms in total. The summed E-state index contributed by atoms with van der Waals surface area (Å²) >= 11 is 0. The molecule has 1 aromatic carbocycles. The molecule has 0 radical (unpaired) electrons. The van der Waals surface area contributed by atoms with E-state index < -0.39 is 0 Å². The summed E-state index contributed by atoms with van der Waals surface area (Å²) in [7, 11) is 0. The van der Waals surface area contributed by atoms with Crippen LogP contribution < -0.4 is 16.8 Å². The van der Waals surface area contributed by atoms with Crippen molar-refractivity contribution < 1.29 is 0 Å². The summed E-state index contributed by atoms with van der Waals surface area (Å²) in [4.78, 5) is 2.55. The van der Waals surface area contributed by atoms with Gasteiger partial charge in [-0.3, -0.25) is 0 Å². The Morgan fingerprint density at radius 3 is 2.85 bits per heavy atom. The van der Waals surface area contributed by atoms with Crippen molar-refractivity contribution in [2.45, 2.75) is 39.3 Å². The van der Waals surface area contributed by atoms with Crippen LogP contribution in [0.25, 0.3) is 0 Å². The number of hydrogen-bond acceptors (Lipinski definition) is 4. The summed E-state index contributed by atoms with van der Waals surface area (Å²) in [5.41, 5.74) is 14.7. The van der Waals surface area contributed by atoms with Crippen LogP contribution >= 0.6 is 0 Å². The number of anilines is 2. The van der Waals surface area contributed by atoms with E-state index in [1.807, 2.05) is 12.1 Å². The van der Waals surface area contributed by atoms with Crippen LogP contribution in [0.3, 0.4) is 0 Å². The Morgan fingerprint density at radius 1 is 1.40 bits per heavy atom. The van der Waals surface area contributed by atoms with Gasteiger partial charge in [0.05, 0.1) is 11.4 Å². The maximum atomic E-state index is 6.10. The fraction of sp³-hybridized carbons (Fsp3) is 0.625. The summed E-state index contributed by atoms with van der Waals surface area (Å²) in [6.07, 6.45) is 2.47. The number of likely N-dealkylation sites (tertiary alicyclic amines) is 1. The molecule has 0 amide bonds. The van der Waals surface area contributed by atoms with Crippen molar-refractivity contribution >= 4 is 11.4 Å². The maximum absolute atomic E-state index is 6.10. The molecule has 1 aliphatic heterocycles. The quantitative estimate of drug-likeness (QED) is 0.722. The third-order valence-corrected chi connectivity index (χ3v) is 3.84. The van der Waals surface area contributed by atoms with Gasteiger partial charge in [-0.1, -0.05) is 19.9 Å². The molecule has 112 valence electrons. The predicted octanol–water partition coefficient (Wildman–Crippen LogP) is 2.26. The zero-order valence-electron chi connectivity index (χ0n) is 12.7. The van der Waals surface area contributed by atoms with Gasteiger partial charge in [0.2, 0.25) is 0 Å². The van der Waals surface area contributed by atoms with Crippen LogP contribution in [0, 0.1) is 5.92 Å². The second kappa shape index (κ2) is 6.95. The van der Waals surface area contributed by atoms with E-state index in [-0.39, 0.29) is 0 Å². The van der Waals surface area contributed by atoms with E-state index in [4.69, 9.17) is 11.5 Å². The number of nitrogens with one attached hydrogen (secondary N) is 1. The van der Waals surface area contributed by atoms with Gasteiger partial charge in [0.1, 0.15) is 0 Å². The summed E-state index contributed by atoms with van der Waals surface area (Å²) in [5, 5.41) is 3.60. The van der Waals surface area contributed by atoms with Crippen LogP contribution in [0.15, 0.2) is 18.2 Å². The van der Waals surface area contributed by atoms with Crippen LogP contribution in [-0.4, -0.2) is 30.6 Å². The molecule has 0 bridgehead atoms. The molecule has 1 fully saturated rings. The van der Waals surface area contributed by atoms with Crippen LogP contribution in [0.1, 0.15) is 32.3 Å². The van der Waals surface area contributed by atoms with Crippen molar-refractivity contribution in [3.8, 4) is 0 Å². The van der Waals surface area contributed by atoms with Gasteiger partial charge >= 0.3 is 0 Å². The summed E-state index contributed by atoms with van der Waals surface area (Å²) in [5.74, 6) is 0.725. The third kappa shape index (κ3) is 4.12. The average molecular weight is 276 g/mol. The normalized spacial score (nSPS) is 20.3. The van der Waals surface area contributed by atoms with Gasteiger partial charge in [0.25, 0.3) is 0 Å². The molecule has 0 aromatic heterocycles. The number of nitrogens with two attached hydrogens (primary N) is 2. The molecular formula is C16H28N4. The molecule has 0 aliphatic carbocycles. The molecule has 1 aliphatic rings. The van der Waals surface area contributed by atoms with Crippen molar-refractivity contribution in [3.05, 3.63) is 23.8 Å². The van der Waals surface area contributed by atoms with Crippen molar-refractivity contribution in [2.75, 3.05) is 30.7 Å². The molecule has 0 spiro atoms. The van der Waals surface area contributed by atoms with E-state index >= 15 is 0 Å². The minimum atomic E-state index is 0.494. The Kier molecular flexibility index (Phi) is 5.26. The largest absolute Gasteiger partial charge is 0.397 e. The van der Waals surface area contributed by atoms with Gasteiger partial charge in [0, 0.05) is 25.7 Å². The summed E-state index contributed by atoms with van der Waals surface area (Å²) in [6.45, 7) is 8.60. The minimum absolute atomic E-state index is 0.494. The Balaban J connectivity index is 1.95. The Bertz CT molecular complexity index is 430. The van der Waals surface area contributed by atoms with E-state index in [1.165, 1.54) is 25.9 Å². The highest BCUT2D eigenvalue weighted by Crippen LogP contribution is 2.23. The molecule has 0 unspecified atom stereocenters. The fourth-order valence-corrected chi connectivity index (χ4v) is 2.95. The monoisotopic (exact) mass is 276 g/mol. The zero-order valence-corrected chi connectivity index (χ0v) is 12.7. The second-order valence-corrected chi connectivity index (χ2v) is 6.26. The van der Waals surface area contributed by atoms with Crippen LogP contribution in [0.4, 0.5) is 11.4 Å². The first-order valence-corrected chi connectivity index (χ1v) is 7.66. The predicted molar refractivity (Wildman–Crippen MR) is 86.7 cm³/mol. The first-order chi connectivity index (χ1) is 9.58. The van der Waals surface area contributed by atoms with E-state index in [0.29, 0.717) is 12.6 Å². The summed E-state index contributed by atoms with van der Waals surface area (Å²) < 4.78 is 0. The number of hydrogen-bond donors (Lipinski definition) is 3. The van der Waals surface area contributed by atoms with Gasteiger partial charge in [-0.2, -0.15) is 0 Å². The van der Waals surface area contributed by atoms with Gasteiger partial charge in [-0.25, -0.2) is 0 Å². The number of nitrogens with zero attached hydrogens (tertiary/aromatic N) is 1. The van der Waals surface area contributed by atoms with E-state index in [2.05, 4.69) is 30.1 Å². The molecule has 0 saturated carbocycles. The SMILES string of the molecule is CC(C)CN1CCC[C@H](Nc2ccc(CN)cc2N)C1. The zero-order chi connectivity index (χ0) is 14.5. The third-order valence-electron chi connectivity index (χ3n) is 3.84. The Hall–Kier alpha value is -1.26. The number of piperidine rings is 1. The lowest BCUT2D eigenvalue weighted by molar-refractivity contribution is 0.195. The summed E-state index contributed by atoms with van der Waals surface area (Å²) in [6, 6.07) is 6.57. The molecule has 2 rings (SSSR count). The first-order valence-electron chi connectivity index (χ1n) is 7.66. The lowest BCUT2D eigenvalue weighted by Crippen LogP contribution is -2.43. The van der Waals surface area contributed by atoms with Gasteiger partial charge in [-0.05, 0) is 43.0 Å². The van der Waals surface area contributed by atoms with Crippen LogP contribution in [-0.2, 0) is 6.54 Å². The van der Waals surface area contributed by atoms with E-state index in [9.17, 15) is 0 Å². The van der Waals surface area contributed by atoms with Crippen molar-refractivity contribution in [1.29, 1.82) is 0 Å². The molecule has 1 atom stereocenters. The van der Waals surface area contributed by atoms with Crippen molar-refractivity contribution in [1.82, 2.24) is 4.90 Å². The second-order valence-electron chi connectivity index (χ2n) is 6.26. The van der Waals surface area contributed by atoms with Crippen molar-refractivity contribution in [3.63, 3.8) is 0 Å². The van der Waals surface area contributed by atoms with Crippen molar-refractivity contribution in [2.24, 2.45) is 11.7 Å². The topological polar surface area (TPSA) is 67.3 Å². The highest BCUT2D eigenvalue weighted by molar-refractivity contribution is 5.67. The van der Waals surface area contributed by atoms with E-state index in [0.717, 1.165) is 29.4 Å². The van der Waals surface area contributed by atoms with Crippen LogP contribution in [0.2, 0.25) is 0 Å². The molecule has 20 heavy (non-hydrogen) atoms. The highest BCUT2D eigenvalue weighted by atomic mass is 15.2. The molecule has 1 heterocycles. The highest BCUT2D eigenvalue weighted by Gasteiger charge is 2.20. The molecule has 1 aromatic rings. The number of rotatable bonds is 5. The number of nitrogen functional groups attached to an aromatic ring is 1. The van der Waals surface area contributed by atoms with Crippen LogP contribution in [0.5, 0.6) is 0 Å². The average Bonchev–Trinajstić information content (AvgIpc) is 2.41. The van der Waals surface area contributed by atoms with Gasteiger partial charge in [0.15, 0.2) is 0 Å². The molecule has 5 N–H and O–H groups in total. The maximum Gasteiger partial charge on any atom is 0.0576 e. The lowest BCUT2D eigenvalue weighted by atomic mass is 10.0. The first kappa shape index (κ1) is 15.1. The van der Waals surface area contributed by atoms with E-state index in [1.54, 1.807) is 0 Å². The standard InChI is InChI=1S/C16H28N4/c1-12(2)10-20-7-3-4-14(11-20)19-16-6-5-13(9-17)8-15(16)18/h5-6,8,12,14,19H,3-4,7,9-11,17-18H2,1-2H3/t14-/m0/s1. The molecule has 1 saturated heterocycles. The Morgan fingerprint density at radius 2 is 2.20 bits per heavy atom. The lowest BCUT2D eigenvalue weighted by Gasteiger charge is -2.34. The van der Waals surface area contributed by atoms with Gasteiger partial charge < -0.3 is 21.7 Å².